The normalized spacial score (nSPS) is 17.9. The van der Waals surface area contributed by atoms with Gasteiger partial charge >= 0.3 is 0 Å². The summed E-state index contributed by atoms with van der Waals surface area (Å²) in [6.45, 7) is 4.45. The van der Waals surface area contributed by atoms with Crippen molar-refractivity contribution in [3.8, 4) is 10.7 Å². The first-order valence-corrected chi connectivity index (χ1v) is 11.5. The van der Waals surface area contributed by atoms with Gasteiger partial charge in [0.2, 0.25) is 0 Å². The summed E-state index contributed by atoms with van der Waals surface area (Å²) in [5.41, 5.74) is 2.81. The summed E-state index contributed by atoms with van der Waals surface area (Å²) in [6, 6.07) is 10.5. The van der Waals surface area contributed by atoms with E-state index in [9.17, 15) is 0 Å². The molecule has 4 heterocycles. The molecule has 2 aromatic heterocycles. The van der Waals surface area contributed by atoms with Crippen LogP contribution in [0, 0.1) is 0 Å². The third-order valence-electron chi connectivity index (χ3n) is 6.14. The fourth-order valence-corrected chi connectivity index (χ4v) is 5.59. The Morgan fingerprint density at radius 3 is 2.68 bits per heavy atom. The van der Waals surface area contributed by atoms with Crippen LogP contribution in [-0.2, 0) is 19.4 Å². The van der Waals surface area contributed by atoms with Gasteiger partial charge < -0.3 is 9.47 Å². The van der Waals surface area contributed by atoms with Crippen molar-refractivity contribution in [1.82, 2.24) is 19.7 Å². The number of rotatable bonds is 4. The molecule has 146 valence electrons. The number of piperidine rings is 1. The first-order chi connectivity index (χ1) is 13.8. The number of aromatic nitrogens is 3. The highest BCUT2D eigenvalue weighted by atomic mass is 35.5. The average Bonchev–Trinajstić information content (AvgIpc) is 3.32. The summed E-state index contributed by atoms with van der Waals surface area (Å²) >= 11 is 7.79. The minimum atomic E-state index is 0.537. The summed E-state index contributed by atoms with van der Waals surface area (Å²) in [5.74, 6) is 2.85. The first kappa shape index (κ1) is 18.3. The Balaban J connectivity index is 1.23. The maximum absolute atomic E-state index is 5.98. The number of likely N-dealkylation sites (tertiary alicyclic amines) is 1. The van der Waals surface area contributed by atoms with Gasteiger partial charge in [-0.3, -0.25) is 0 Å². The topological polar surface area (TPSA) is 34.0 Å². The number of fused-ring (bicyclic) bond motifs is 3. The minimum Gasteiger partial charge on any atom is -0.310 e. The van der Waals surface area contributed by atoms with Crippen molar-refractivity contribution in [3.63, 3.8) is 0 Å². The van der Waals surface area contributed by atoms with Crippen LogP contribution in [0.4, 0.5) is 0 Å². The highest BCUT2D eigenvalue weighted by Gasteiger charge is 2.28. The van der Waals surface area contributed by atoms with Crippen LogP contribution >= 0.6 is 22.9 Å². The number of nitrogens with zero attached hydrogens (tertiary/aromatic N) is 4. The number of benzene rings is 1. The molecule has 0 bridgehead atoms. The monoisotopic (exact) mass is 412 g/mol. The minimum absolute atomic E-state index is 0.537. The van der Waals surface area contributed by atoms with E-state index in [0.29, 0.717) is 5.92 Å². The van der Waals surface area contributed by atoms with E-state index < -0.39 is 0 Å². The molecular formula is C22H25ClN4S. The Hall–Kier alpha value is -1.69. The number of thiophene rings is 1. The van der Waals surface area contributed by atoms with Crippen LogP contribution in [0.2, 0.25) is 5.02 Å². The van der Waals surface area contributed by atoms with E-state index in [2.05, 4.69) is 43.2 Å². The van der Waals surface area contributed by atoms with Gasteiger partial charge in [-0.25, -0.2) is 0 Å². The van der Waals surface area contributed by atoms with Crippen molar-refractivity contribution in [2.75, 3.05) is 19.6 Å². The molecule has 0 spiro atoms. The van der Waals surface area contributed by atoms with Crippen LogP contribution in [0.25, 0.3) is 10.7 Å². The zero-order valence-electron chi connectivity index (χ0n) is 16.0. The van der Waals surface area contributed by atoms with E-state index in [4.69, 9.17) is 11.6 Å². The van der Waals surface area contributed by atoms with Gasteiger partial charge in [0.05, 0.1) is 4.88 Å². The van der Waals surface area contributed by atoms with Crippen LogP contribution in [0.3, 0.4) is 0 Å². The first-order valence-electron chi connectivity index (χ1n) is 10.2. The van der Waals surface area contributed by atoms with E-state index >= 15 is 0 Å². The van der Waals surface area contributed by atoms with Crippen molar-refractivity contribution in [2.24, 2.45) is 0 Å². The highest BCUT2D eigenvalue weighted by Crippen LogP contribution is 2.35. The second kappa shape index (κ2) is 7.97. The second-order valence-electron chi connectivity index (χ2n) is 7.90. The lowest BCUT2D eigenvalue weighted by Crippen LogP contribution is -2.35. The van der Waals surface area contributed by atoms with Gasteiger partial charge in [0, 0.05) is 24.0 Å². The molecule has 1 saturated heterocycles. The maximum Gasteiger partial charge on any atom is 0.174 e. The molecule has 5 rings (SSSR count). The smallest absolute Gasteiger partial charge is 0.174 e. The second-order valence-corrected chi connectivity index (χ2v) is 9.26. The molecule has 1 aromatic carbocycles. The van der Waals surface area contributed by atoms with Crippen molar-refractivity contribution < 1.29 is 0 Å². The van der Waals surface area contributed by atoms with Gasteiger partial charge in [0.25, 0.3) is 0 Å². The molecule has 2 aliphatic heterocycles. The lowest BCUT2D eigenvalue weighted by atomic mass is 9.95. The van der Waals surface area contributed by atoms with Crippen molar-refractivity contribution in [1.29, 1.82) is 0 Å². The number of halogens is 1. The summed E-state index contributed by atoms with van der Waals surface area (Å²) in [4.78, 5) is 3.92. The summed E-state index contributed by atoms with van der Waals surface area (Å²) in [7, 11) is 0. The molecule has 3 aromatic rings. The zero-order chi connectivity index (χ0) is 18.9. The van der Waals surface area contributed by atoms with Gasteiger partial charge in [-0.05, 0) is 79.9 Å². The van der Waals surface area contributed by atoms with Gasteiger partial charge in [0.1, 0.15) is 5.82 Å². The SMILES string of the molecule is Clc1ccc(CCN2CCC(c3nnc4n3CCCc3ccsc3-4)CC2)cc1. The van der Waals surface area contributed by atoms with Crippen LogP contribution in [0.15, 0.2) is 35.7 Å². The predicted molar refractivity (Wildman–Crippen MR) is 115 cm³/mol. The van der Waals surface area contributed by atoms with Crippen LogP contribution in [0.5, 0.6) is 0 Å². The number of hydrogen-bond donors (Lipinski definition) is 0. The van der Waals surface area contributed by atoms with Crippen LogP contribution < -0.4 is 0 Å². The Morgan fingerprint density at radius 1 is 1.04 bits per heavy atom. The van der Waals surface area contributed by atoms with E-state index in [0.717, 1.165) is 49.9 Å². The average molecular weight is 413 g/mol. The quantitative estimate of drug-likeness (QED) is 0.602. The molecule has 1 fully saturated rings. The van der Waals surface area contributed by atoms with E-state index in [1.165, 1.54) is 41.1 Å². The molecule has 0 aliphatic carbocycles. The fraction of sp³-hybridized carbons (Fsp3) is 0.455. The Bertz CT molecular complexity index is 938. The summed E-state index contributed by atoms with van der Waals surface area (Å²) < 4.78 is 2.41. The Morgan fingerprint density at radius 2 is 1.86 bits per heavy atom. The van der Waals surface area contributed by atoms with Crippen molar-refractivity contribution in [2.45, 2.75) is 44.6 Å². The third kappa shape index (κ3) is 3.63. The molecule has 0 atom stereocenters. The number of aryl methyl sites for hydroxylation is 1. The summed E-state index contributed by atoms with van der Waals surface area (Å²) in [5, 5.41) is 12.3. The predicted octanol–water partition coefficient (Wildman–Crippen LogP) is 5.03. The Labute approximate surface area is 175 Å². The molecule has 4 nitrogen and oxygen atoms in total. The van der Waals surface area contributed by atoms with Gasteiger partial charge in [-0.1, -0.05) is 23.7 Å². The number of hydrogen-bond acceptors (Lipinski definition) is 4. The summed E-state index contributed by atoms with van der Waals surface area (Å²) in [6.07, 6.45) is 5.78. The molecule has 0 radical (unpaired) electrons. The Kier molecular flexibility index (Phi) is 5.22. The van der Waals surface area contributed by atoms with E-state index in [1.54, 1.807) is 0 Å². The standard InChI is InChI=1S/C22H25ClN4S/c23-19-5-3-16(4-6-19)7-12-26-13-8-18(9-14-26)21-24-25-22-20-17(10-15-28-20)2-1-11-27(21)22/h3-6,10,15,18H,1-2,7-9,11-14H2. The molecule has 6 heteroatoms. The van der Waals surface area contributed by atoms with Crippen LogP contribution in [-0.4, -0.2) is 39.3 Å². The molecule has 0 amide bonds. The maximum atomic E-state index is 5.98. The lowest BCUT2D eigenvalue weighted by Gasteiger charge is -2.31. The van der Waals surface area contributed by atoms with Gasteiger partial charge in [-0.2, -0.15) is 0 Å². The molecule has 0 N–H and O–H groups in total. The molecule has 0 saturated carbocycles. The molecular weight excluding hydrogens is 388 g/mol. The third-order valence-corrected chi connectivity index (χ3v) is 7.34. The van der Waals surface area contributed by atoms with Crippen LogP contribution in [0.1, 0.15) is 42.1 Å². The lowest BCUT2D eigenvalue weighted by molar-refractivity contribution is 0.209. The highest BCUT2D eigenvalue weighted by molar-refractivity contribution is 7.13. The van der Waals surface area contributed by atoms with Crippen molar-refractivity contribution >= 4 is 22.9 Å². The molecule has 0 unspecified atom stereocenters. The largest absolute Gasteiger partial charge is 0.310 e. The van der Waals surface area contributed by atoms with Gasteiger partial charge in [-0.15, -0.1) is 21.5 Å². The van der Waals surface area contributed by atoms with Crippen molar-refractivity contribution in [3.05, 3.63) is 57.7 Å². The van der Waals surface area contributed by atoms with Gasteiger partial charge in [0.15, 0.2) is 5.82 Å². The fourth-order valence-electron chi connectivity index (χ4n) is 4.51. The van der Waals surface area contributed by atoms with E-state index in [1.807, 2.05) is 23.5 Å². The molecule has 28 heavy (non-hydrogen) atoms. The zero-order valence-corrected chi connectivity index (χ0v) is 17.6. The molecule has 2 aliphatic rings. The van der Waals surface area contributed by atoms with E-state index in [-0.39, 0.29) is 0 Å².